The zero-order valence-corrected chi connectivity index (χ0v) is 15.5. The molecule has 1 atom stereocenters. The molecule has 4 heteroatoms. The maximum Gasteiger partial charge on any atom is 0.251 e. The Kier molecular flexibility index (Phi) is 6.04. The summed E-state index contributed by atoms with van der Waals surface area (Å²) in [6.07, 6.45) is 2.53. The van der Waals surface area contributed by atoms with E-state index in [0.717, 1.165) is 31.1 Å². The van der Waals surface area contributed by atoms with E-state index in [0.29, 0.717) is 5.56 Å². The normalized spacial score (nSPS) is 17.0. The Morgan fingerprint density at radius 3 is 2.35 bits per heavy atom. The third kappa shape index (κ3) is 4.92. The van der Waals surface area contributed by atoms with Crippen LogP contribution < -0.4 is 5.32 Å². The minimum Gasteiger partial charge on any atom is -0.346 e. The summed E-state index contributed by atoms with van der Waals surface area (Å²) < 4.78 is 13.0. The van der Waals surface area contributed by atoms with Crippen LogP contribution in [-0.2, 0) is 6.54 Å². The lowest BCUT2D eigenvalue weighted by Gasteiger charge is -2.30. The molecular formula is C22H27FN2O. The molecule has 3 nitrogen and oxygen atoms in total. The minimum absolute atomic E-state index is 0.111. The highest BCUT2D eigenvalue weighted by atomic mass is 19.1. The molecule has 0 aromatic heterocycles. The Morgan fingerprint density at radius 1 is 1.12 bits per heavy atom. The van der Waals surface area contributed by atoms with Crippen LogP contribution in [0.3, 0.4) is 0 Å². The summed E-state index contributed by atoms with van der Waals surface area (Å²) in [5.41, 5.74) is 2.77. The minimum atomic E-state index is -0.272. The van der Waals surface area contributed by atoms with Gasteiger partial charge in [0, 0.05) is 12.1 Å². The van der Waals surface area contributed by atoms with E-state index in [1.807, 2.05) is 31.2 Å². The summed E-state index contributed by atoms with van der Waals surface area (Å²) >= 11 is 0. The lowest BCUT2D eigenvalue weighted by atomic mass is 9.99. The van der Waals surface area contributed by atoms with E-state index in [2.05, 4.69) is 17.1 Å². The fourth-order valence-corrected chi connectivity index (χ4v) is 3.35. The summed E-state index contributed by atoms with van der Waals surface area (Å²) in [4.78, 5) is 14.9. The molecule has 2 aromatic carbocycles. The van der Waals surface area contributed by atoms with Gasteiger partial charge in [0.15, 0.2) is 0 Å². The Morgan fingerprint density at radius 2 is 1.73 bits per heavy atom. The molecule has 1 saturated heterocycles. The first kappa shape index (κ1) is 18.6. The number of hydrogen-bond donors (Lipinski definition) is 1. The first-order valence-corrected chi connectivity index (χ1v) is 9.39. The monoisotopic (exact) mass is 354 g/mol. The van der Waals surface area contributed by atoms with Crippen LogP contribution in [0.25, 0.3) is 0 Å². The van der Waals surface area contributed by atoms with Crippen molar-refractivity contribution in [3.8, 4) is 0 Å². The van der Waals surface area contributed by atoms with Crippen LogP contribution >= 0.6 is 0 Å². The van der Waals surface area contributed by atoms with Gasteiger partial charge < -0.3 is 5.32 Å². The van der Waals surface area contributed by atoms with Crippen molar-refractivity contribution in [2.75, 3.05) is 13.1 Å². The number of carbonyl (C=O) groups is 1. The molecule has 1 amide bonds. The van der Waals surface area contributed by atoms with E-state index < -0.39 is 0 Å². The fraction of sp³-hybridized carbons (Fsp3) is 0.409. The van der Waals surface area contributed by atoms with Crippen LogP contribution in [0.1, 0.15) is 54.2 Å². The number of rotatable bonds is 5. The molecule has 1 unspecified atom stereocenters. The number of nitrogens with zero attached hydrogens (tertiary/aromatic N) is 1. The Balaban J connectivity index is 1.55. The van der Waals surface area contributed by atoms with Crippen molar-refractivity contribution in [2.45, 2.75) is 39.3 Å². The van der Waals surface area contributed by atoms with Gasteiger partial charge in [-0.3, -0.25) is 9.69 Å². The Labute approximate surface area is 155 Å². The molecule has 1 heterocycles. The summed E-state index contributed by atoms with van der Waals surface area (Å²) in [7, 11) is 0. The van der Waals surface area contributed by atoms with E-state index in [9.17, 15) is 9.18 Å². The molecule has 0 radical (unpaired) electrons. The molecule has 0 aliphatic carbocycles. The van der Waals surface area contributed by atoms with Crippen molar-refractivity contribution in [2.24, 2.45) is 5.92 Å². The van der Waals surface area contributed by atoms with E-state index >= 15 is 0 Å². The van der Waals surface area contributed by atoms with Gasteiger partial charge in [0.05, 0.1) is 6.04 Å². The Hall–Kier alpha value is -2.20. The molecule has 0 saturated carbocycles. The van der Waals surface area contributed by atoms with Gasteiger partial charge in [-0.05, 0) is 74.2 Å². The molecule has 2 aromatic rings. The molecule has 26 heavy (non-hydrogen) atoms. The number of carbonyl (C=O) groups excluding carboxylic acids is 1. The predicted molar refractivity (Wildman–Crippen MR) is 102 cm³/mol. The molecule has 0 spiro atoms. The zero-order valence-electron chi connectivity index (χ0n) is 15.5. The van der Waals surface area contributed by atoms with E-state index in [1.165, 1.54) is 30.5 Å². The topological polar surface area (TPSA) is 32.3 Å². The van der Waals surface area contributed by atoms with Gasteiger partial charge in [-0.15, -0.1) is 0 Å². The lowest BCUT2D eigenvalue weighted by molar-refractivity contribution is 0.0940. The van der Waals surface area contributed by atoms with Crippen molar-refractivity contribution < 1.29 is 9.18 Å². The molecule has 1 N–H and O–H groups in total. The van der Waals surface area contributed by atoms with Crippen molar-refractivity contribution in [3.05, 3.63) is 71.0 Å². The molecule has 1 aliphatic heterocycles. The van der Waals surface area contributed by atoms with Gasteiger partial charge >= 0.3 is 0 Å². The quantitative estimate of drug-likeness (QED) is 0.854. The highest BCUT2D eigenvalue weighted by molar-refractivity contribution is 5.94. The molecule has 1 aliphatic rings. The smallest absolute Gasteiger partial charge is 0.251 e. The van der Waals surface area contributed by atoms with Gasteiger partial charge in [-0.25, -0.2) is 4.39 Å². The van der Waals surface area contributed by atoms with Crippen LogP contribution in [0.4, 0.5) is 4.39 Å². The van der Waals surface area contributed by atoms with Crippen LogP contribution in [-0.4, -0.2) is 23.9 Å². The standard InChI is InChI=1S/C22H27FN2O/c1-16-11-13-25(14-12-16)15-18-3-5-20(6-4-18)22(26)24-17(2)19-7-9-21(23)10-8-19/h3-10,16-17H,11-15H2,1-2H3,(H,24,26). The molecule has 1 fully saturated rings. The van der Waals surface area contributed by atoms with Crippen molar-refractivity contribution in [1.82, 2.24) is 10.2 Å². The fourth-order valence-electron chi connectivity index (χ4n) is 3.35. The maximum absolute atomic E-state index is 13.0. The van der Waals surface area contributed by atoms with Crippen LogP contribution in [0, 0.1) is 11.7 Å². The van der Waals surface area contributed by atoms with Crippen LogP contribution in [0.5, 0.6) is 0 Å². The third-order valence-corrected chi connectivity index (χ3v) is 5.22. The number of hydrogen-bond acceptors (Lipinski definition) is 2. The second-order valence-corrected chi connectivity index (χ2v) is 7.40. The highest BCUT2D eigenvalue weighted by Gasteiger charge is 2.16. The van der Waals surface area contributed by atoms with Gasteiger partial charge in [-0.2, -0.15) is 0 Å². The lowest BCUT2D eigenvalue weighted by Crippen LogP contribution is -2.32. The molecule has 3 rings (SSSR count). The summed E-state index contributed by atoms with van der Waals surface area (Å²) in [6, 6.07) is 13.9. The SMILES string of the molecule is CC1CCN(Cc2ccc(C(=O)NC(C)c3ccc(F)cc3)cc2)CC1. The van der Waals surface area contributed by atoms with Crippen molar-refractivity contribution in [1.29, 1.82) is 0 Å². The summed E-state index contributed by atoms with van der Waals surface area (Å²) in [5, 5.41) is 2.97. The van der Waals surface area contributed by atoms with Crippen LogP contribution in [0.15, 0.2) is 48.5 Å². The second kappa shape index (κ2) is 8.45. The van der Waals surface area contributed by atoms with E-state index in [4.69, 9.17) is 0 Å². The Bertz CT molecular complexity index is 719. The maximum atomic E-state index is 13.0. The summed E-state index contributed by atoms with van der Waals surface area (Å²) in [6.45, 7) is 7.46. The number of halogens is 1. The van der Waals surface area contributed by atoms with Gasteiger partial charge in [0.25, 0.3) is 5.91 Å². The number of piperidine rings is 1. The van der Waals surface area contributed by atoms with Gasteiger partial charge in [0.2, 0.25) is 0 Å². The summed E-state index contributed by atoms with van der Waals surface area (Å²) in [5.74, 6) is 0.451. The molecule has 0 bridgehead atoms. The molecule has 138 valence electrons. The zero-order chi connectivity index (χ0) is 18.5. The first-order chi connectivity index (χ1) is 12.5. The van der Waals surface area contributed by atoms with Crippen molar-refractivity contribution >= 4 is 5.91 Å². The second-order valence-electron chi connectivity index (χ2n) is 7.40. The number of likely N-dealkylation sites (tertiary alicyclic amines) is 1. The number of benzene rings is 2. The van der Waals surface area contributed by atoms with E-state index in [1.54, 1.807) is 12.1 Å². The van der Waals surface area contributed by atoms with Gasteiger partial charge in [0.1, 0.15) is 5.82 Å². The average Bonchev–Trinajstić information content (AvgIpc) is 2.64. The van der Waals surface area contributed by atoms with Gasteiger partial charge in [-0.1, -0.05) is 31.2 Å². The number of amides is 1. The van der Waals surface area contributed by atoms with E-state index in [-0.39, 0.29) is 17.8 Å². The first-order valence-electron chi connectivity index (χ1n) is 9.39. The van der Waals surface area contributed by atoms with Crippen LogP contribution in [0.2, 0.25) is 0 Å². The largest absolute Gasteiger partial charge is 0.346 e. The van der Waals surface area contributed by atoms with Crippen molar-refractivity contribution in [3.63, 3.8) is 0 Å². The highest BCUT2D eigenvalue weighted by Crippen LogP contribution is 2.19. The predicted octanol–water partition coefficient (Wildman–Crippen LogP) is 4.55. The third-order valence-electron chi connectivity index (χ3n) is 5.22. The average molecular weight is 354 g/mol. The molecular weight excluding hydrogens is 327 g/mol. The number of nitrogens with one attached hydrogen (secondary N) is 1.